The fraction of sp³-hybridized carbons (Fsp3) is 0. The molecule has 0 saturated carbocycles. The highest BCUT2D eigenvalue weighted by atomic mass is 19.1. The quantitative estimate of drug-likeness (QED) is 0.170. The summed E-state index contributed by atoms with van der Waals surface area (Å²) in [7, 11) is 0. The summed E-state index contributed by atoms with van der Waals surface area (Å²) in [5, 5.41) is 4.49. The molecule has 0 unspecified atom stereocenters. The zero-order chi connectivity index (χ0) is 38.7. The largest absolute Gasteiger partial charge is 0.309 e. The van der Waals surface area contributed by atoms with Crippen LogP contribution in [-0.2, 0) is 0 Å². The van der Waals surface area contributed by atoms with E-state index in [4.69, 9.17) is 15.0 Å². The number of aromatic nitrogens is 5. The lowest BCUT2D eigenvalue weighted by Crippen LogP contribution is -2.04. The second kappa shape index (κ2) is 13.5. The van der Waals surface area contributed by atoms with E-state index in [-0.39, 0.29) is 5.56 Å². The van der Waals surface area contributed by atoms with Crippen molar-refractivity contribution in [1.82, 2.24) is 24.1 Å². The van der Waals surface area contributed by atoms with Crippen molar-refractivity contribution in [2.45, 2.75) is 0 Å². The first kappa shape index (κ1) is 33.6. The highest BCUT2D eigenvalue weighted by Gasteiger charge is 2.23. The van der Waals surface area contributed by atoms with E-state index in [1.807, 2.05) is 72.8 Å². The van der Waals surface area contributed by atoms with Gasteiger partial charge in [0.1, 0.15) is 11.6 Å². The van der Waals surface area contributed by atoms with Crippen LogP contribution in [0.3, 0.4) is 0 Å². The molecule has 0 amide bonds. The standard InChI is InChI=1S/C51H31F2N5/c52-41-21-13-22-42(53)48(41)34-26-28-47(40(30-34)51-55-49(32-14-3-1-4-15-32)54-50(56-51)33-16-5-2-6-17-33)58-45-25-12-9-20-38(45)39-31-35(27-29-46(39)58)57-43-23-10-7-18-36(43)37-19-8-11-24-44(37)57/h1-31H. The molecule has 3 heterocycles. The molecule has 0 spiro atoms. The molecule has 0 radical (unpaired) electrons. The smallest absolute Gasteiger partial charge is 0.166 e. The molecular weight excluding hydrogens is 721 g/mol. The summed E-state index contributed by atoms with van der Waals surface area (Å²) in [6.07, 6.45) is 0. The Hall–Kier alpha value is -7.77. The van der Waals surface area contributed by atoms with Gasteiger partial charge in [-0.3, -0.25) is 0 Å². The fourth-order valence-electron chi connectivity index (χ4n) is 8.33. The second-order valence-corrected chi connectivity index (χ2v) is 14.3. The summed E-state index contributed by atoms with van der Waals surface area (Å²) in [5.41, 5.74) is 8.43. The lowest BCUT2D eigenvalue weighted by Gasteiger charge is -2.17. The van der Waals surface area contributed by atoms with Crippen molar-refractivity contribution in [1.29, 1.82) is 0 Å². The second-order valence-electron chi connectivity index (χ2n) is 14.3. The minimum absolute atomic E-state index is 0.117. The molecule has 0 fully saturated rings. The molecule has 0 atom stereocenters. The Kier molecular flexibility index (Phi) is 7.79. The zero-order valence-corrected chi connectivity index (χ0v) is 30.9. The van der Waals surface area contributed by atoms with Gasteiger partial charge in [0.15, 0.2) is 17.5 Å². The molecule has 0 aliphatic rings. The fourth-order valence-corrected chi connectivity index (χ4v) is 8.33. The molecule has 11 aromatic rings. The summed E-state index contributed by atoms with van der Waals surface area (Å²) in [6.45, 7) is 0. The van der Waals surface area contributed by atoms with Gasteiger partial charge in [0.05, 0.1) is 33.3 Å². The first-order valence-corrected chi connectivity index (χ1v) is 19.1. The summed E-state index contributed by atoms with van der Waals surface area (Å²) in [5.74, 6) is 0.0264. The van der Waals surface area contributed by atoms with E-state index >= 15 is 8.78 Å². The Morgan fingerprint density at radius 1 is 0.345 bits per heavy atom. The predicted molar refractivity (Wildman–Crippen MR) is 230 cm³/mol. The molecule has 0 N–H and O–H groups in total. The third kappa shape index (κ3) is 5.39. The van der Waals surface area contributed by atoms with Crippen molar-refractivity contribution in [3.8, 4) is 56.7 Å². The lowest BCUT2D eigenvalue weighted by atomic mass is 9.99. The molecule has 3 aromatic heterocycles. The average molecular weight is 752 g/mol. The van der Waals surface area contributed by atoms with Crippen molar-refractivity contribution < 1.29 is 8.78 Å². The Bertz CT molecular complexity index is 3240. The molecule has 58 heavy (non-hydrogen) atoms. The van der Waals surface area contributed by atoms with Crippen molar-refractivity contribution in [3.05, 3.63) is 200 Å². The van der Waals surface area contributed by atoms with Gasteiger partial charge in [0.2, 0.25) is 0 Å². The number of rotatable bonds is 6. The number of hydrogen-bond acceptors (Lipinski definition) is 3. The van der Waals surface area contributed by atoms with Crippen LogP contribution in [0.15, 0.2) is 188 Å². The number of halogens is 2. The molecule has 7 heteroatoms. The van der Waals surface area contributed by atoms with Crippen LogP contribution in [0.25, 0.3) is 100 Å². The Morgan fingerprint density at radius 3 is 1.41 bits per heavy atom. The van der Waals surface area contributed by atoms with Crippen molar-refractivity contribution >= 4 is 43.6 Å². The Morgan fingerprint density at radius 2 is 0.828 bits per heavy atom. The van der Waals surface area contributed by atoms with Crippen LogP contribution in [0.5, 0.6) is 0 Å². The highest BCUT2D eigenvalue weighted by molar-refractivity contribution is 6.12. The van der Waals surface area contributed by atoms with E-state index in [1.165, 1.54) is 29.0 Å². The topological polar surface area (TPSA) is 48.5 Å². The van der Waals surface area contributed by atoms with Gasteiger partial charge in [-0.15, -0.1) is 0 Å². The summed E-state index contributed by atoms with van der Waals surface area (Å²) in [4.78, 5) is 15.1. The number of para-hydroxylation sites is 3. The number of fused-ring (bicyclic) bond motifs is 6. The van der Waals surface area contributed by atoms with Gasteiger partial charge in [0, 0.05) is 43.9 Å². The van der Waals surface area contributed by atoms with Crippen LogP contribution in [-0.4, -0.2) is 24.1 Å². The van der Waals surface area contributed by atoms with E-state index < -0.39 is 11.6 Å². The lowest BCUT2D eigenvalue weighted by molar-refractivity contribution is 0.589. The van der Waals surface area contributed by atoms with Crippen molar-refractivity contribution in [2.75, 3.05) is 0 Å². The van der Waals surface area contributed by atoms with Gasteiger partial charge in [-0.25, -0.2) is 23.7 Å². The minimum Gasteiger partial charge on any atom is -0.309 e. The van der Waals surface area contributed by atoms with Gasteiger partial charge >= 0.3 is 0 Å². The minimum atomic E-state index is -0.654. The van der Waals surface area contributed by atoms with Gasteiger partial charge in [-0.05, 0) is 66.2 Å². The molecule has 274 valence electrons. The van der Waals surface area contributed by atoms with Gasteiger partial charge in [0.25, 0.3) is 0 Å². The van der Waals surface area contributed by atoms with E-state index in [1.54, 1.807) is 12.1 Å². The first-order valence-electron chi connectivity index (χ1n) is 19.1. The van der Waals surface area contributed by atoms with Gasteiger partial charge < -0.3 is 9.13 Å². The molecule has 0 bridgehead atoms. The molecular formula is C51H31F2N5. The maximum atomic E-state index is 15.5. The molecule has 5 nitrogen and oxygen atoms in total. The van der Waals surface area contributed by atoms with E-state index in [0.717, 1.165) is 55.3 Å². The van der Waals surface area contributed by atoms with E-state index in [9.17, 15) is 0 Å². The summed E-state index contributed by atoms with van der Waals surface area (Å²) in [6, 6.07) is 60.8. The molecule has 0 aliphatic carbocycles. The van der Waals surface area contributed by atoms with Crippen LogP contribution < -0.4 is 0 Å². The normalized spacial score (nSPS) is 11.6. The molecule has 0 saturated heterocycles. The molecule has 8 aromatic carbocycles. The van der Waals surface area contributed by atoms with E-state index in [0.29, 0.717) is 28.6 Å². The van der Waals surface area contributed by atoms with E-state index in [2.05, 4.69) is 94.1 Å². The van der Waals surface area contributed by atoms with Gasteiger partial charge in [-0.1, -0.05) is 127 Å². The monoisotopic (exact) mass is 751 g/mol. The maximum Gasteiger partial charge on any atom is 0.166 e. The average Bonchev–Trinajstić information content (AvgIpc) is 3.79. The predicted octanol–water partition coefficient (Wildman–Crippen LogP) is 13.0. The number of nitrogens with zero attached hydrogens (tertiary/aromatic N) is 5. The van der Waals surface area contributed by atoms with Crippen molar-refractivity contribution in [3.63, 3.8) is 0 Å². The summed E-state index contributed by atoms with van der Waals surface area (Å²) >= 11 is 0. The number of hydrogen-bond donors (Lipinski definition) is 0. The SMILES string of the molecule is Fc1cccc(F)c1-c1ccc(-n2c3ccccc3c3cc(-n4c5ccccc5c5ccccc54)ccc32)c(-c2nc(-c3ccccc3)nc(-c3ccccc3)n2)c1. The molecule has 0 aliphatic heterocycles. The van der Waals surface area contributed by atoms with Crippen LogP contribution >= 0.6 is 0 Å². The maximum absolute atomic E-state index is 15.5. The Labute approximate surface area is 331 Å². The highest BCUT2D eigenvalue weighted by Crippen LogP contribution is 2.41. The number of benzene rings is 8. The third-order valence-electron chi connectivity index (χ3n) is 10.9. The zero-order valence-electron chi connectivity index (χ0n) is 30.9. The van der Waals surface area contributed by atoms with Gasteiger partial charge in [-0.2, -0.15) is 0 Å². The van der Waals surface area contributed by atoms with Crippen LogP contribution in [0, 0.1) is 11.6 Å². The first-order chi connectivity index (χ1) is 28.6. The van der Waals surface area contributed by atoms with Crippen LogP contribution in [0.2, 0.25) is 0 Å². The summed E-state index contributed by atoms with van der Waals surface area (Å²) < 4.78 is 35.5. The molecule has 11 rings (SSSR count). The third-order valence-corrected chi connectivity index (χ3v) is 10.9. The van der Waals surface area contributed by atoms with Crippen LogP contribution in [0.4, 0.5) is 8.78 Å². The van der Waals surface area contributed by atoms with Crippen LogP contribution in [0.1, 0.15) is 0 Å². The van der Waals surface area contributed by atoms with Crippen molar-refractivity contribution in [2.24, 2.45) is 0 Å². The Balaban J connectivity index is 1.20.